The zero-order valence-electron chi connectivity index (χ0n) is 28.7. The summed E-state index contributed by atoms with van der Waals surface area (Å²) in [4.78, 5) is 63.4. The van der Waals surface area contributed by atoms with Gasteiger partial charge in [-0.15, -0.1) is 0 Å². The van der Waals surface area contributed by atoms with Crippen molar-refractivity contribution in [2.45, 2.75) is 66.5 Å². The minimum Gasteiger partial charge on any atom is -0.369 e. The van der Waals surface area contributed by atoms with Crippen LogP contribution in [0.4, 0.5) is 11.4 Å². The van der Waals surface area contributed by atoms with Crippen LogP contribution >= 0.6 is 0 Å². The third-order valence-corrected chi connectivity index (χ3v) is 7.60. The van der Waals surface area contributed by atoms with Gasteiger partial charge in [-0.25, -0.2) is 0 Å². The first-order valence-electron chi connectivity index (χ1n) is 16.2. The maximum Gasteiger partial charge on any atom is 0.276 e. The standard InChI is InChI=1S/C34H48N10O4/c1-7-11-17-43-21-25(19-27(43)31(47)41(5)33(35)37-9-3)39-29(45)23-13-15-24(16-14-23)30(46)40-26-20-28(44(22-26)18-12-8-2)32(48)42(6)34(36)38-10-4/h13-16,19-22H,7-12,17-18H2,1-6H3,(H2,35,37)(H2,36,38)(H,39,45)(H,40,46). The van der Waals surface area contributed by atoms with Crippen LogP contribution in [-0.2, 0) is 13.1 Å². The molecule has 14 nitrogen and oxygen atoms in total. The number of carbonyl (C=O) groups is 4. The van der Waals surface area contributed by atoms with E-state index in [2.05, 4.69) is 34.5 Å². The molecule has 14 heteroatoms. The second-order valence-corrected chi connectivity index (χ2v) is 11.2. The Labute approximate surface area is 281 Å². The fourth-order valence-corrected chi connectivity index (χ4v) is 4.81. The van der Waals surface area contributed by atoms with Crippen molar-refractivity contribution in [1.82, 2.24) is 18.9 Å². The van der Waals surface area contributed by atoms with Gasteiger partial charge < -0.3 is 31.2 Å². The largest absolute Gasteiger partial charge is 0.369 e. The van der Waals surface area contributed by atoms with Crippen molar-refractivity contribution in [2.75, 3.05) is 37.8 Å². The number of benzene rings is 1. The molecule has 258 valence electrons. The molecule has 48 heavy (non-hydrogen) atoms. The van der Waals surface area contributed by atoms with Gasteiger partial charge in [-0.3, -0.25) is 39.0 Å². The van der Waals surface area contributed by atoms with Crippen molar-refractivity contribution < 1.29 is 19.2 Å². The summed E-state index contributed by atoms with van der Waals surface area (Å²) >= 11 is 0. The highest BCUT2D eigenvalue weighted by atomic mass is 16.2. The maximum absolute atomic E-state index is 13.2. The average molecular weight is 661 g/mol. The lowest BCUT2D eigenvalue weighted by atomic mass is 10.1. The Balaban J connectivity index is 1.75. The highest BCUT2D eigenvalue weighted by molar-refractivity contribution is 6.09. The number of carbonyl (C=O) groups excluding carboxylic acids is 4. The van der Waals surface area contributed by atoms with E-state index in [1.54, 1.807) is 72.0 Å². The van der Waals surface area contributed by atoms with Crippen LogP contribution in [0.3, 0.4) is 0 Å². The molecule has 2 heterocycles. The molecule has 6 N–H and O–H groups in total. The summed E-state index contributed by atoms with van der Waals surface area (Å²) in [5.74, 6) is -1.26. The molecule has 0 unspecified atom stereocenters. The molecular formula is C34H48N10O4. The normalized spacial score (nSPS) is 11.7. The zero-order valence-corrected chi connectivity index (χ0v) is 28.7. The van der Waals surface area contributed by atoms with E-state index in [-0.39, 0.29) is 23.7 Å². The van der Waals surface area contributed by atoms with Crippen LogP contribution in [0.2, 0.25) is 0 Å². The number of rotatable bonds is 14. The lowest BCUT2D eigenvalue weighted by Crippen LogP contribution is -2.39. The van der Waals surface area contributed by atoms with Crippen molar-refractivity contribution in [3.8, 4) is 0 Å². The zero-order chi connectivity index (χ0) is 35.4. The second-order valence-electron chi connectivity index (χ2n) is 11.2. The smallest absolute Gasteiger partial charge is 0.276 e. The summed E-state index contributed by atoms with van der Waals surface area (Å²) in [6.45, 7) is 9.83. The van der Waals surface area contributed by atoms with Gasteiger partial charge in [0.2, 0.25) is 0 Å². The summed E-state index contributed by atoms with van der Waals surface area (Å²) < 4.78 is 3.59. The minimum atomic E-state index is -0.403. The number of hydrogen-bond acceptors (Lipinski definition) is 6. The number of nitrogens with two attached hydrogens (primary N) is 2. The summed E-state index contributed by atoms with van der Waals surface area (Å²) in [7, 11) is 3.12. The van der Waals surface area contributed by atoms with Gasteiger partial charge in [0.15, 0.2) is 11.9 Å². The SMILES string of the molecule is CCCCn1cc(NC(=O)c2ccc(C(=O)Nc3cc(C(=O)N(C)C(N)=NCC)n(CCCC)c3)cc2)cc1C(=O)N(C)C(N)=NCC. The van der Waals surface area contributed by atoms with Gasteiger partial charge in [-0.05, 0) is 63.1 Å². The molecule has 4 amide bonds. The first kappa shape index (κ1) is 37.1. The van der Waals surface area contributed by atoms with Crippen LogP contribution in [0.1, 0.15) is 95.1 Å². The van der Waals surface area contributed by atoms with Gasteiger partial charge in [-0.2, -0.15) is 0 Å². The maximum atomic E-state index is 13.2. The van der Waals surface area contributed by atoms with E-state index < -0.39 is 11.8 Å². The Bertz CT molecular complexity index is 1530. The van der Waals surface area contributed by atoms with E-state index in [9.17, 15) is 19.2 Å². The third kappa shape index (κ3) is 9.33. The number of aromatic nitrogens is 2. The Morgan fingerprint density at radius 3 is 1.33 bits per heavy atom. The van der Waals surface area contributed by atoms with Gasteiger partial charge in [0.1, 0.15) is 11.4 Å². The van der Waals surface area contributed by atoms with Crippen molar-refractivity contribution >= 4 is 46.9 Å². The average Bonchev–Trinajstić information content (AvgIpc) is 3.68. The van der Waals surface area contributed by atoms with Crippen LogP contribution in [0.25, 0.3) is 0 Å². The number of aliphatic imine (C=N–C) groups is 2. The van der Waals surface area contributed by atoms with Crippen molar-refractivity contribution in [3.05, 3.63) is 71.3 Å². The minimum absolute atomic E-state index is 0.110. The molecule has 0 aliphatic carbocycles. The van der Waals surface area contributed by atoms with Crippen molar-refractivity contribution in [1.29, 1.82) is 0 Å². The van der Waals surface area contributed by atoms with E-state index in [0.717, 1.165) is 25.7 Å². The number of aryl methyl sites for hydroxylation is 2. The number of hydrogen-bond donors (Lipinski definition) is 4. The molecule has 0 spiro atoms. The lowest BCUT2D eigenvalue weighted by Gasteiger charge is -2.17. The fraction of sp³-hybridized carbons (Fsp3) is 0.412. The third-order valence-electron chi connectivity index (χ3n) is 7.60. The Kier molecular flexibility index (Phi) is 13.5. The Morgan fingerprint density at radius 1 is 0.667 bits per heavy atom. The molecule has 3 aromatic rings. The number of anilines is 2. The highest BCUT2D eigenvalue weighted by Gasteiger charge is 2.22. The van der Waals surface area contributed by atoms with E-state index >= 15 is 0 Å². The molecule has 0 atom stereocenters. The molecule has 0 saturated carbocycles. The van der Waals surface area contributed by atoms with Gasteiger partial charge >= 0.3 is 0 Å². The summed E-state index contributed by atoms with van der Waals surface area (Å²) in [5.41, 5.74) is 14.2. The van der Waals surface area contributed by atoms with E-state index in [1.807, 2.05) is 13.8 Å². The van der Waals surface area contributed by atoms with Crippen molar-refractivity contribution in [2.24, 2.45) is 21.5 Å². The van der Waals surface area contributed by atoms with E-state index in [4.69, 9.17) is 11.5 Å². The fourth-order valence-electron chi connectivity index (χ4n) is 4.81. The molecular weight excluding hydrogens is 612 g/mol. The van der Waals surface area contributed by atoms with Gasteiger partial charge in [0.05, 0.1) is 11.4 Å². The molecule has 0 fully saturated rings. The summed E-state index contributed by atoms with van der Waals surface area (Å²) in [6.07, 6.45) is 6.97. The van der Waals surface area contributed by atoms with Gasteiger partial charge in [0.25, 0.3) is 23.6 Å². The Morgan fingerprint density at radius 2 is 1.02 bits per heavy atom. The molecule has 0 saturated heterocycles. The molecule has 0 radical (unpaired) electrons. The van der Waals surface area contributed by atoms with Gasteiger partial charge in [-0.1, -0.05) is 26.7 Å². The van der Waals surface area contributed by atoms with Crippen LogP contribution < -0.4 is 22.1 Å². The number of amides is 4. The number of unbranched alkanes of at least 4 members (excludes halogenated alkanes) is 2. The highest BCUT2D eigenvalue weighted by Crippen LogP contribution is 2.20. The van der Waals surface area contributed by atoms with E-state index in [1.165, 1.54) is 9.80 Å². The Hall–Kier alpha value is -5.40. The molecule has 0 aliphatic rings. The first-order valence-corrected chi connectivity index (χ1v) is 16.2. The summed E-state index contributed by atoms with van der Waals surface area (Å²) in [6, 6.07) is 9.42. The second kappa shape index (κ2) is 17.5. The quantitative estimate of drug-likeness (QED) is 0.148. The number of nitrogens with one attached hydrogen (secondary N) is 2. The van der Waals surface area contributed by atoms with Gasteiger partial charge in [0, 0.05) is 63.8 Å². The molecule has 0 aliphatic heterocycles. The molecule has 0 bridgehead atoms. The van der Waals surface area contributed by atoms with Crippen LogP contribution in [0.5, 0.6) is 0 Å². The van der Waals surface area contributed by atoms with Crippen LogP contribution in [0, 0.1) is 0 Å². The topological polar surface area (TPSA) is 185 Å². The first-order chi connectivity index (χ1) is 22.9. The van der Waals surface area contributed by atoms with E-state index in [0.29, 0.717) is 60.1 Å². The monoisotopic (exact) mass is 660 g/mol. The molecule has 1 aromatic carbocycles. The van der Waals surface area contributed by atoms with Crippen LogP contribution in [-0.4, -0.2) is 81.7 Å². The number of nitrogens with zero attached hydrogens (tertiary/aromatic N) is 6. The van der Waals surface area contributed by atoms with Crippen molar-refractivity contribution in [3.63, 3.8) is 0 Å². The molecule has 3 rings (SSSR count). The lowest BCUT2D eigenvalue weighted by molar-refractivity contribution is 0.0851. The summed E-state index contributed by atoms with van der Waals surface area (Å²) in [5, 5.41) is 5.69. The molecule has 2 aromatic heterocycles. The predicted octanol–water partition coefficient (Wildman–Crippen LogP) is 4.21. The number of guanidine groups is 2. The van der Waals surface area contributed by atoms with Crippen LogP contribution in [0.15, 0.2) is 58.8 Å². The predicted molar refractivity (Wildman–Crippen MR) is 190 cm³/mol.